The average molecular weight is 488 g/mol. The molecule has 0 unspecified atom stereocenters. The molecule has 0 aromatic carbocycles. The lowest BCUT2D eigenvalue weighted by molar-refractivity contribution is -0.328. The van der Waals surface area contributed by atoms with Crippen molar-refractivity contribution >= 4 is 17.9 Å². The van der Waals surface area contributed by atoms with E-state index in [9.17, 15) is 34.8 Å². The molecule has 2 heterocycles. The lowest BCUT2D eigenvalue weighted by Gasteiger charge is -2.42. The van der Waals surface area contributed by atoms with Crippen LogP contribution in [0.2, 0.25) is 0 Å². The third-order valence-electron chi connectivity index (χ3n) is 6.22. The summed E-state index contributed by atoms with van der Waals surface area (Å²) in [6.45, 7) is 1.89. The lowest BCUT2D eigenvalue weighted by atomic mass is 9.79. The van der Waals surface area contributed by atoms with Crippen LogP contribution in [0.5, 0.6) is 0 Å². The Morgan fingerprint density at radius 2 is 1.79 bits per heavy atom. The Morgan fingerprint density at radius 1 is 1.12 bits per heavy atom. The van der Waals surface area contributed by atoms with Gasteiger partial charge in [0.2, 0.25) is 6.29 Å². The molecule has 1 fully saturated rings. The molecule has 3 rings (SSSR count). The van der Waals surface area contributed by atoms with E-state index in [0.29, 0.717) is 0 Å². The van der Waals surface area contributed by atoms with Crippen LogP contribution in [0.4, 0.5) is 0 Å². The number of aliphatic hydroxyl groups is 4. The van der Waals surface area contributed by atoms with Gasteiger partial charge in [0.05, 0.1) is 26.4 Å². The minimum atomic E-state index is -1.76. The van der Waals surface area contributed by atoms with Gasteiger partial charge < -0.3 is 48.8 Å². The Bertz CT molecular complexity index is 893. The van der Waals surface area contributed by atoms with Crippen LogP contribution in [-0.2, 0) is 42.8 Å². The van der Waals surface area contributed by atoms with Gasteiger partial charge in [0.15, 0.2) is 6.29 Å². The highest BCUT2D eigenvalue weighted by Gasteiger charge is 2.59. The monoisotopic (exact) mass is 488 g/mol. The Hall–Kier alpha value is -2.55. The number of rotatable bonds is 6. The Labute approximate surface area is 194 Å². The summed E-state index contributed by atoms with van der Waals surface area (Å²) in [6.07, 6.45) is -9.60. The van der Waals surface area contributed by atoms with Gasteiger partial charge in [-0.2, -0.15) is 0 Å². The summed E-state index contributed by atoms with van der Waals surface area (Å²) in [5, 5.41) is 39.9. The zero-order valence-corrected chi connectivity index (χ0v) is 19.0. The lowest BCUT2D eigenvalue weighted by Crippen LogP contribution is -2.60. The Morgan fingerprint density at radius 3 is 2.35 bits per heavy atom. The van der Waals surface area contributed by atoms with E-state index in [1.165, 1.54) is 6.92 Å². The molecule has 0 amide bonds. The molecule has 8 atom stereocenters. The van der Waals surface area contributed by atoms with Crippen LogP contribution in [-0.4, -0.2) is 102 Å². The van der Waals surface area contributed by atoms with Crippen molar-refractivity contribution in [3.8, 4) is 0 Å². The van der Waals surface area contributed by atoms with Gasteiger partial charge in [-0.25, -0.2) is 4.79 Å². The number of aliphatic hydroxyl groups excluding tert-OH is 4. The maximum Gasteiger partial charge on any atom is 0.341 e. The smallest absolute Gasteiger partial charge is 0.341 e. The number of ether oxygens (including phenoxy) is 6. The molecule has 0 aromatic heterocycles. The summed E-state index contributed by atoms with van der Waals surface area (Å²) >= 11 is 0. The van der Waals surface area contributed by atoms with Crippen molar-refractivity contribution in [1.29, 1.82) is 0 Å². The number of carbonyl (C=O) groups excluding carboxylic acids is 3. The first-order valence-electron chi connectivity index (χ1n) is 10.4. The molecule has 190 valence electrons. The van der Waals surface area contributed by atoms with Crippen molar-refractivity contribution in [2.24, 2.45) is 5.41 Å². The van der Waals surface area contributed by atoms with Crippen molar-refractivity contribution < 1.29 is 63.2 Å². The molecule has 0 spiro atoms. The summed E-state index contributed by atoms with van der Waals surface area (Å²) in [6, 6.07) is 0. The van der Waals surface area contributed by atoms with E-state index < -0.39 is 73.0 Å². The molecule has 13 heteroatoms. The van der Waals surface area contributed by atoms with Crippen molar-refractivity contribution in [2.45, 2.75) is 63.4 Å². The molecule has 0 saturated carbocycles. The minimum absolute atomic E-state index is 0.0454. The number of hydrogen-bond donors (Lipinski definition) is 4. The second-order valence-corrected chi connectivity index (χ2v) is 8.21. The van der Waals surface area contributed by atoms with Crippen molar-refractivity contribution in [1.82, 2.24) is 0 Å². The normalized spacial score (nSPS) is 37.3. The third-order valence-corrected chi connectivity index (χ3v) is 6.22. The van der Waals surface area contributed by atoms with Crippen molar-refractivity contribution in [3.05, 3.63) is 23.0 Å². The van der Waals surface area contributed by atoms with Crippen molar-refractivity contribution in [3.63, 3.8) is 0 Å². The van der Waals surface area contributed by atoms with E-state index in [-0.39, 0.29) is 23.1 Å². The van der Waals surface area contributed by atoms with E-state index >= 15 is 0 Å². The predicted octanol–water partition coefficient (Wildman–Crippen LogP) is -1.97. The molecule has 4 N–H and O–H groups in total. The first-order chi connectivity index (χ1) is 16.0. The van der Waals surface area contributed by atoms with Crippen LogP contribution in [0.15, 0.2) is 23.0 Å². The highest BCUT2D eigenvalue weighted by atomic mass is 16.8. The maximum atomic E-state index is 12.9. The summed E-state index contributed by atoms with van der Waals surface area (Å²) in [5.74, 6) is -2.29. The molecule has 1 aliphatic carbocycles. The predicted molar refractivity (Wildman–Crippen MR) is 107 cm³/mol. The summed E-state index contributed by atoms with van der Waals surface area (Å²) in [7, 11) is 2.28. The first kappa shape index (κ1) is 26.1. The van der Waals surface area contributed by atoms with Crippen LogP contribution < -0.4 is 0 Å². The van der Waals surface area contributed by atoms with Gasteiger partial charge in [0.25, 0.3) is 0 Å². The van der Waals surface area contributed by atoms with Gasteiger partial charge in [-0.3, -0.25) is 9.59 Å². The van der Waals surface area contributed by atoms with Gasteiger partial charge in [-0.05, 0) is 12.5 Å². The Balaban J connectivity index is 2.04. The zero-order chi connectivity index (χ0) is 25.4. The number of methoxy groups -OCH3 is 2. The minimum Gasteiger partial charge on any atom is -0.468 e. The SMILES string of the molecule is COC(=O)C1=CO[C@H](O[C@@H]2O[C@H](CO)[C@@H](O)[C@H](O)[C@H]2O)C2=C1C[C@@H](OC(C)=O)[C@]2(C)C(=O)OC. The van der Waals surface area contributed by atoms with E-state index in [1.54, 1.807) is 0 Å². The second-order valence-electron chi connectivity index (χ2n) is 8.21. The van der Waals surface area contributed by atoms with Crippen molar-refractivity contribution in [2.75, 3.05) is 20.8 Å². The Kier molecular flexibility index (Phi) is 7.65. The quantitative estimate of drug-likeness (QED) is 0.238. The second kappa shape index (κ2) is 9.98. The number of hydrogen-bond acceptors (Lipinski definition) is 13. The molecule has 0 bridgehead atoms. The standard InChI is InChI=1S/C21H28O13/c1-8(23)32-12-5-9-10(17(27)29-3)7-31-18(13(9)21(12,2)20(28)30-4)34-19-16(26)15(25)14(24)11(6-22)33-19/h7,11-12,14-16,18-19,22,24-26H,5-6H2,1-4H3/t11-,12-,14-,15+,16-,18-,19+,21+/m1/s1. The average Bonchev–Trinajstić information content (AvgIpc) is 3.11. The van der Waals surface area contributed by atoms with Gasteiger partial charge in [0, 0.05) is 18.9 Å². The number of carbonyl (C=O) groups is 3. The molecule has 3 aliphatic rings. The van der Waals surface area contributed by atoms with Crippen LogP contribution in [0, 0.1) is 5.41 Å². The fourth-order valence-electron chi connectivity index (χ4n) is 4.39. The maximum absolute atomic E-state index is 12.9. The highest BCUT2D eigenvalue weighted by Crippen LogP contribution is 2.52. The zero-order valence-electron chi connectivity index (χ0n) is 19.0. The molecule has 1 saturated heterocycles. The van der Waals surface area contributed by atoms with E-state index in [4.69, 9.17) is 28.4 Å². The van der Waals surface area contributed by atoms with Crippen LogP contribution in [0.1, 0.15) is 20.3 Å². The fourth-order valence-corrected chi connectivity index (χ4v) is 4.39. The van der Waals surface area contributed by atoms with E-state index in [1.807, 2.05) is 0 Å². The van der Waals surface area contributed by atoms with Crippen LogP contribution in [0.25, 0.3) is 0 Å². The molecule has 13 nitrogen and oxygen atoms in total. The van der Waals surface area contributed by atoms with Gasteiger partial charge >= 0.3 is 17.9 Å². The largest absolute Gasteiger partial charge is 0.468 e. The fraction of sp³-hybridized carbons (Fsp3) is 0.667. The molecular weight excluding hydrogens is 460 g/mol. The summed E-state index contributed by atoms with van der Waals surface area (Å²) in [5.41, 5.74) is -1.42. The molecule has 2 aliphatic heterocycles. The highest BCUT2D eigenvalue weighted by molar-refractivity contribution is 5.95. The first-order valence-corrected chi connectivity index (χ1v) is 10.4. The van der Waals surface area contributed by atoms with Crippen LogP contribution >= 0.6 is 0 Å². The van der Waals surface area contributed by atoms with E-state index in [2.05, 4.69) is 0 Å². The topological polar surface area (TPSA) is 188 Å². The van der Waals surface area contributed by atoms with Gasteiger partial charge in [-0.15, -0.1) is 0 Å². The molecule has 34 heavy (non-hydrogen) atoms. The third kappa shape index (κ3) is 4.30. The van der Waals surface area contributed by atoms with Crippen LogP contribution in [0.3, 0.4) is 0 Å². The molecule has 0 radical (unpaired) electrons. The summed E-state index contributed by atoms with van der Waals surface area (Å²) in [4.78, 5) is 37.1. The van der Waals surface area contributed by atoms with Gasteiger partial charge in [0.1, 0.15) is 42.2 Å². The molecular formula is C21H28O13. The van der Waals surface area contributed by atoms with Gasteiger partial charge in [-0.1, -0.05) is 0 Å². The summed E-state index contributed by atoms with van der Waals surface area (Å²) < 4.78 is 31.8. The molecule has 0 aromatic rings. The number of esters is 3. The van der Waals surface area contributed by atoms with E-state index in [0.717, 1.165) is 27.4 Å².